The quantitative estimate of drug-likeness (QED) is 0.572. The average molecular weight is 409 g/mol. The molecule has 0 bridgehead atoms. The van der Waals surface area contributed by atoms with Crippen LogP contribution >= 0.6 is 0 Å². The van der Waals surface area contributed by atoms with Gasteiger partial charge >= 0.3 is 0 Å². The zero-order chi connectivity index (χ0) is 21.1. The molecule has 10 heteroatoms. The maximum Gasteiger partial charge on any atom is 0.164 e. The number of hydrogen-bond donors (Lipinski definition) is 3. The Morgan fingerprint density at radius 3 is 2.69 bits per heavy atom. The first-order valence-corrected chi connectivity index (χ1v) is 8.79. The third-order valence-electron chi connectivity index (χ3n) is 5.34. The molecule has 0 saturated carbocycles. The predicted octanol–water partition coefficient (Wildman–Crippen LogP) is 1.90. The lowest BCUT2D eigenvalue weighted by atomic mass is 9.88. The van der Waals surface area contributed by atoms with Gasteiger partial charge in [-0.15, -0.1) is 0 Å². The molecular weight excluding hydrogens is 391 g/mol. The topological polar surface area (TPSA) is 101 Å². The largest absolute Gasteiger partial charge is 0.385 e. The minimum Gasteiger partial charge on any atom is -0.385 e. The lowest BCUT2D eigenvalue weighted by Gasteiger charge is -2.29. The molecular formula is C19H18F3N3O4. The molecule has 4 rings (SSSR count). The lowest BCUT2D eigenvalue weighted by molar-refractivity contribution is -0.115. The minimum atomic E-state index is -2.07. The molecule has 3 aromatic rings. The first-order valence-electron chi connectivity index (χ1n) is 8.79. The molecule has 29 heavy (non-hydrogen) atoms. The zero-order valence-electron chi connectivity index (χ0n) is 15.4. The maximum absolute atomic E-state index is 14.1. The fourth-order valence-corrected chi connectivity index (χ4v) is 3.69. The Bertz CT molecular complexity index is 1090. The Morgan fingerprint density at radius 1 is 1.24 bits per heavy atom. The van der Waals surface area contributed by atoms with Crippen molar-refractivity contribution in [3.05, 3.63) is 59.4 Å². The van der Waals surface area contributed by atoms with Crippen molar-refractivity contribution in [3.63, 3.8) is 0 Å². The van der Waals surface area contributed by atoms with Crippen molar-refractivity contribution >= 4 is 11.0 Å². The molecule has 0 radical (unpaired) electrons. The van der Waals surface area contributed by atoms with Gasteiger partial charge in [-0.25, -0.2) is 23.1 Å². The fourth-order valence-electron chi connectivity index (χ4n) is 3.69. The summed E-state index contributed by atoms with van der Waals surface area (Å²) in [5.41, 5.74) is -1.70. The Kier molecular flexibility index (Phi) is 4.61. The molecule has 7 nitrogen and oxygen atoms in total. The number of aromatic nitrogens is 3. The van der Waals surface area contributed by atoms with Crippen LogP contribution in [0.25, 0.3) is 11.0 Å². The zero-order valence-corrected chi connectivity index (χ0v) is 15.4. The van der Waals surface area contributed by atoms with E-state index in [0.717, 1.165) is 0 Å². The van der Waals surface area contributed by atoms with Gasteiger partial charge in [0.2, 0.25) is 0 Å². The van der Waals surface area contributed by atoms with Crippen molar-refractivity contribution in [3.8, 4) is 0 Å². The highest BCUT2D eigenvalue weighted by atomic mass is 19.2. The summed E-state index contributed by atoms with van der Waals surface area (Å²) >= 11 is 0. The molecule has 1 fully saturated rings. The first-order chi connectivity index (χ1) is 13.6. The second-order valence-corrected chi connectivity index (χ2v) is 7.27. The highest BCUT2D eigenvalue weighted by Gasteiger charge is 2.56. The molecule has 3 N–H and O–H groups in total. The highest BCUT2D eigenvalue weighted by molar-refractivity contribution is 5.78. The summed E-state index contributed by atoms with van der Waals surface area (Å²) in [4.78, 5) is 8.23. The van der Waals surface area contributed by atoms with E-state index in [9.17, 15) is 28.5 Å². The van der Waals surface area contributed by atoms with Crippen LogP contribution < -0.4 is 0 Å². The molecule has 5 atom stereocenters. The van der Waals surface area contributed by atoms with Crippen molar-refractivity contribution in [2.24, 2.45) is 0 Å². The van der Waals surface area contributed by atoms with Gasteiger partial charge in [0, 0.05) is 23.2 Å². The standard InChI is InChI=1S/C19H18F3N3O4/c1-8-10-3-4-25(17(10)24-7-23-8)18-15(27)19(2,28)16(29-18)14(26)11-5-9(20)6-12(21)13(11)22/h3-7,14-16,18,26-28H,1-2H3/t14-,15-,16+,18+,19-/m0/s1. The fraction of sp³-hybridized carbons (Fsp3) is 0.368. The number of hydrogen-bond acceptors (Lipinski definition) is 6. The second kappa shape index (κ2) is 6.77. The maximum atomic E-state index is 14.1. The monoisotopic (exact) mass is 409 g/mol. The Hall–Kier alpha value is -2.53. The van der Waals surface area contributed by atoms with Gasteiger partial charge in [0.1, 0.15) is 41.7 Å². The smallest absolute Gasteiger partial charge is 0.164 e. The van der Waals surface area contributed by atoms with E-state index < -0.39 is 53.2 Å². The van der Waals surface area contributed by atoms with Crippen LogP contribution in [-0.2, 0) is 4.74 Å². The Balaban J connectivity index is 1.74. The van der Waals surface area contributed by atoms with E-state index >= 15 is 0 Å². The SMILES string of the molecule is Cc1ncnc2c1ccn2[C@@H]1O[C@H]([C@@H](O)c2cc(F)cc(F)c2F)[C@@](C)(O)[C@H]1O. The van der Waals surface area contributed by atoms with Crippen LogP contribution in [0.15, 0.2) is 30.7 Å². The molecule has 2 aromatic heterocycles. The number of fused-ring (bicyclic) bond motifs is 1. The summed E-state index contributed by atoms with van der Waals surface area (Å²) in [6.45, 7) is 2.95. The van der Waals surface area contributed by atoms with Gasteiger partial charge in [-0.3, -0.25) is 0 Å². The summed E-state index contributed by atoms with van der Waals surface area (Å²) in [6.07, 6.45) is -3.41. The molecule has 3 heterocycles. The highest BCUT2D eigenvalue weighted by Crippen LogP contribution is 2.44. The normalized spacial score (nSPS) is 28.2. The number of nitrogens with zero attached hydrogens (tertiary/aromatic N) is 3. The van der Waals surface area contributed by atoms with Crippen LogP contribution in [-0.4, -0.2) is 47.7 Å². The summed E-state index contributed by atoms with van der Waals surface area (Å²) in [5.74, 6) is -4.06. The molecule has 1 aromatic carbocycles. The third kappa shape index (κ3) is 2.99. The lowest BCUT2D eigenvalue weighted by Crippen LogP contribution is -2.47. The van der Waals surface area contributed by atoms with Crippen LogP contribution in [0.2, 0.25) is 0 Å². The van der Waals surface area contributed by atoms with Crippen molar-refractivity contribution in [2.45, 2.75) is 44.0 Å². The number of rotatable bonds is 3. The van der Waals surface area contributed by atoms with Gasteiger partial charge in [0.25, 0.3) is 0 Å². The van der Waals surface area contributed by atoms with Crippen LogP contribution in [0.1, 0.15) is 30.5 Å². The van der Waals surface area contributed by atoms with Crippen molar-refractivity contribution in [2.75, 3.05) is 0 Å². The van der Waals surface area contributed by atoms with E-state index in [-0.39, 0.29) is 0 Å². The molecule has 0 aliphatic carbocycles. The summed E-state index contributed by atoms with van der Waals surface area (Å²) < 4.78 is 48.4. The van der Waals surface area contributed by atoms with E-state index in [0.29, 0.717) is 28.9 Å². The van der Waals surface area contributed by atoms with E-state index in [1.165, 1.54) is 17.8 Å². The van der Waals surface area contributed by atoms with Crippen molar-refractivity contribution in [1.82, 2.24) is 14.5 Å². The van der Waals surface area contributed by atoms with Gasteiger partial charge in [0.05, 0.1) is 5.69 Å². The van der Waals surface area contributed by atoms with E-state index in [4.69, 9.17) is 4.74 Å². The molecule has 1 aliphatic heterocycles. The van der Waals surface area contributed by atoms with Crippen LogP contribution in [0.3, 0.4) is 0 Å². The molecule has 0 spiro atoms. The van der Waals surface area contributed by atoms with E-state index in [2.05, 4.69) is 9.97 Å². The molecule has 154 valence electrons. The molecule has 0 unspecified atom stereocenters. The van der Waals surface area contributed by atoms with Crippen molar-refractivity contribution < 1.29 is 33.2 Å². The van der Waals surface area contributed by atoms with Crippen molar-refractivity contribution in [1.29, 1.82) is 0 Å². The molecule has 1 aliphatic rings. The number of ether oxygens (including phenoxy) is 1. The molecule has 1 saturated heterocycles. The van der Waals surface area contributed by atoms with E-state index in [1.54, 1.807) is 19.2 Å². The van der Waals surface area contributed by atoms with Crippen LogP contribution in [0.4, 0.5) is 13.2 Å². The summed E-state index contributed by atoms with van der Waals surface area (Å²) in [7, 11) is 0. The second-order valence-electron chi connectivity index (χ2n) is 7.27. The summed E-state index contributed by atoms with van der Waals surface area (Å²) in [6, 6.07) is 2.65. The Labute approximate surface area is 163 Å². The number of aryl methyl sites for hydroxylation is 1. The van der Waals surface area contributed by atoms with Gasteiger partial charge in [-0.1, -0.05) is 0 Å². The van der Waals surface area contributed by atoms with E-state index in [1.807, 2.05) is 0 Å². The van der Waals surface area contributed by atoms with Gasteiger partial charge in [-0.05, 0) is 26.0 Å². The van der Waals surface area contributed by atoms with Crippen LogP contribution in [0.5, 0.6) is 0 Å². The number of benzene rings is 1. The minimum absolute atomic E-state index is 0.338. The number of aliphatic hydroxyl groups excluding tert-OH is 2. The van der Waals surface area contributed by atoms with Crippen LogP contribution in [0, 0.1) is 24.4 Å². The van der Waals surface area contributed by atoms with Gasteiger partial charge in [-0.2, -0.15) is 0 Å². The number of aliphatic hydroxyl groups is 3. The van der Waals surface area contributed by atoms with Gasteiger partial charge in [0.15, 0.2) is 17.9 Å². The third-order valence-corrected chi connectivity index (χ3v) is 5.34. The predicted molar refractivity (Wildman–Crippen MR) is 94.1 cm³/mol. The Morgan fingerprint density at radius 2 is 1.97 bits per heavy atom. The number of halogens is 3. The summed E-state index contributed by atoms with van der Waals surface area (Å²) in [5, 5.41) is 32.7. The average Bonchev–Trinajstić information content (AvgIpc) is 3.18. The molecule has 0 amide bonds. The first kappa shape index (κ1) is 19.8. The van der Waals surface area contributed by atoms with Gasteiger partial charge < -0.3 is 24.6 Å².